The Morgan fingerprint density at radius 1 is 1.03 bits per heavy atom. The maximum Gasteiger partial charge on any atom is 0.146 e. The van der Waals surface area contributed by atoms with Gasteiger partial charge in [-0.2, -0.15) is 5.26 Å². The van der Waals surface area contributed by atoms with Gasteiger partial charge in [0.15, 0.2) is 0 Å². The highest BCUT2D eigenvalue weighted by molar-refractivity contribution is 5.85. The maximum atomic E-state index is 14.2. The summed E-state index contributed by atoms with van der Waals surface area (Å²) in [6.45, 7) is 4.52. The standard InChI is InChI=1S/C28H31FN4O/c1-31-18-25(24-14-19(17-30)2-7-26(24)31)20-3-5-23(6-4-20)32-9-11-33(12-10-32)27-16-22(29)15-21-8-13-34-28(21)27/h2,7,14-16,18,20,23H,3-6,8-13H2,1H3. The fraction of sp³-hybridized carbons (Fsp3) is 0.464. The van der Waals surface area contributed by atoms with Gasteiger partial charge in [0.05, 0.1) is 23.9 Å². The maximum absolute atomic E-state index is 14.2. The van der Waals surface area contributed by atoms with E-state index in [-0.39, 0.29) is 5.82 Å². The van der Waals surface area contributed by atoms with Crippen molar-refractivity contribution in [2.24, 2.45) is 7.05 Å². The molecule has 0 radical (unpaired) electrons. The van der Waals surface area contributed by atoms with E-state index >= 15 is 0 Å². The Balaban J connectivity index is 1.10. The van der Waals surface area contributed by atoms with Crippen LogP contribution in [0.3, 0.4) is 0 Å². The third kappa shape index (κ3) is 3.73. The number of hydrogen-bond donors (Lipinski definition) is 0. The van der Waals surface area contributed by atoms with Crippen molar-refractivity contribution in [3.8, 4) is 11.8 Å². The van der Waals surface area contributed by atoms with E-state index in [0.717, 1.165) is 55.2 Å². The highest BCUT2D eigenvalue weighted by Gasteiger charge is 2.31. The molecule has 6 heteroatoms. The normalized spacial score (nSPS) is 23.0. The molecule has 1 aliphatic carbocycles. The number of anilines is 1. The van der Waals surface area contributed by atoms with Gasteiger partial charge >= 0.3 is 0 Å². The van der Waals surface area contributed by atoms with Crippen LogP contribution >= 0.6 is 0 Å². The fourth-order valence-corrected chi connectivity index (χ4v) is 6.38. The lowest BCUT2D eigenvalue weighted by Crippen LogP contribution is -2.51. The second kappa shape index (κ2) is 8.63. The molecule has 2 aliphatic heterocycles. The molecule has 1 aromatic heterocycles. The number of aromatic nitrogens is 1. The average molecular weight is 459 g/mol. The minimum atomic E-state index is -0.157. The van der Waals surface area contributed by atoms with E-state index in [1.807, 2.05) is 6.07 Å². The van der Waals surface area contributed by atoms with Crippen LogP contribution in [0.2, 0.25) is 0 Å². The summed E-state index contributed by atoms with van der Waals surface area (Å²) in [5.41, 5.74) is 5.29. The summed E-state index contributed by atoms with van der Waals surface area (Å²) in [5.74, 6) is 1.29. The lowest BCUT2D eigenvalue weighted by Gasteiger charge is -2.43. The quantitative estimate of drug-likeness (QED) is 0.556. The van der Waals surface area contributed by atoms with Gasteiger partial charge in [0, 0.05) is 74.4 Å². The molecule has 2 aromatic carbocycles. The summed E-state index contributed by atoms with van der Waals surface area (Å²) in [7, 11) is 2.10. The number of aryl methyl sites for hydroxylation is 1. The first-order chi connectivity index (χ1) is 16.6. The summed E-state index contributed by atoms with van der Waals surface area (Å²) in [5, 5.41) is 10.6. The molecule has 2 fully saturated rings. The summed E-state index contributed by atoms with van der Waals surface area (Å²) in [6, 6.07) is 12.2. The van der Waals surface area contributed by atoms with Crippen LogP contribution in [-0.4, -0.2) is 48.3 Å². The molecule has 0 N–H and O–H groups in total. The molecule has 34 heavy (non-hydrogen) atoms. The average Bonchev–Trinajstić information content (AvgIpc) is 3.47. The molecular weight excluding hydrogens is 427 g/mol. The van der Waals surface area contributed by atoms with Crippen molar-refractivity contribution in [3.63, 3.8) is 0 Å². The number of nitriles is 1. The van der Waals surface area contributed by atoms with Gasteiger partial charge in [-0.3, -0.25) is 4.90 Å². The van der Waals surface area contributed by atoms with Crippen LogP contribution in [0.1, 0.15) is 48.3 Å². The van der Waals surface area contributed by atoms with Crippen molar-refractivity contribution in [2.45, 2.75) is 44.1 Å². The molecule has 0 unspecified atom stereocenters. The number of piperazine rings is 1. The van der Waals surface area contributed by atoms with E-state index in [4.69, 9.17) is 4.74 Å². The predicted octanol–water partition coefficient (Wildman–Crippen LogP) is 4.97. The van der Waals surface area contributed by atoms with Crippen molar-refractivity contribution in [2.75, 3.05) is 37.7 Å². The Hall–Kier alpha value is -3.04. The van der Waals surface area contributed by atoms with Crippen LogP contribution in [0.5, 0.6) is 5.75 Å². The molecule has 0 spiro atoms. The highest BCUT2D eigenvalue weighted by atomic mass is 19.1. The van der Waals surface area contributed by atoms with Gasteiger partial charge in [0.1, 0.15) is 11.6 Å². The zero-order chi connectivity index (χ0) is 23.2. The Bertz CT molecular complexity index is 1260. The first-order valence-electron chi connectivity index (χ1n) is 12.5. The number of ether oxygens (including phenoxy) is 1. The first kappa shape index (κ1) is 21.5. The molecule has 3 heterocycles. The second-order valence-electron chi connectivity index (χ2n) is 10.1. The second-order valence-corrected chi connectivity index (χ2v) is 10.1. The van der Waals surface area contributed by atoms with Gasteiger partial charge in [-0.05, 0) is 61.4 Å². The smallest absolute Gasteiger partial charge is 0.146 e. The van der Waals surface area contributed by atoms with Crippen molar-refractivity contribution in [3.05, 3.63) is 59.0 Å². The molecule has 6 rings (SSSR count). The van der Waals surface area contributed by atoms with Crippen molar-refractivity contribution in [1.29, 1.82) is 5.26 Å². The number of halogens is 1. The zero-order valence-electron chi connectivity index (χ0n) is 19.8. The largest absolute Gasteiger partial charge is 0.491 e. The van der Waals surface area contributed by atoms with Gasteiger partial charge in [0.25, 0.3) is 0 Å². The Morgan fingerprint density at radius 2 is 1.82 bits per heavy atom. The third-order valence-corrected chi connectivity index (χ3v) is 8.19. The zero-order valence-corrected chi connectivity index (χ0v) is 19.8. The van der Waals surface area contributed by atoms with Crippen LogP contribution in [0.15, 0.2) is 36.5 Å². The van der Waals surface area contributed by atoms with Crippen LogP contribution in [0.25, 0.3) is 10.9 Å². The molecule has 5 nitrogen and oxygen atoms in total. The molecular formula is C28H31FN4O. The third-order valence-electron chi connectivity index (χ3n) is 8.19. The van der Waals surface area contributed by atoms with Crippen LogP contribution < -0.4 is 9.64 Å². The van der Waals surface area contributed by atoms with Crippen molar-refractivity contribution in [1.82, 2.24) is 9.47 Å². The summed E-state index contributed by atoms with van der Waals surface area (Å²) < 4.78 is 22.2. The topological polar surface area (TPSA) is 44.4 Å². The van der Waals surface area contributed by atoms with Crippen LogP contribution in [0.4, 0.5) is 10.1 Å². The molecule has 3 aromatic rings. The lowest BCUT2D eigenvalue weighted by atomic mass is 9.81. The number of benzene rings is 2. The lowest BCUT2D eigenvalue weighted by molar-refractivity contribution is 0.141. The van der Waals surface area contributed by atoms with E-state index in [1.165, 1.54) is 42.1 Å². The Kier molecular flexibility index (Phi) is 5.45. The van der Waals surface area contributed by atoms with E-state index in [2.05, 4.69) is 45.8 Å². The first-order valence-corrected chi connectivity index (χ1v) is 12.5. The minimum absolute atomic E-state index is 0.157. The van der Waals surface area contributed by atoms with Gasteiger partial charge in [-0.25, -0.2) is 4.39 Å². The summed E-state index contributed by atoms with van der Waals surface area (Å²) >= 11 is 0. The van der Waals surface area contributed by atoms with Crippen molar-refractivity contribution < 1.29 is 9.13 Å². The van der Waals surface area contributed by atoms with E-state index < -0.39 is 0 Å². The summed E-state index contributed by atoms with van der Waals surface area (Å²) in [6.07, 6.45) is 7.86. The molecule has 1 saturated heterocycles. The Labute approximate surface area is 200 Å². The van der Waals surface area contributed by atoms with Gasteiger partial charge in [-0.1, -0.05) is 0 Å². The number of rotatable bonds is 3. The SMILES string of the molecule is Cn1cc(C2CCC(N3CCN(c4cc(F)cc5c4OCC5)CC3)CC2)c2cc(C#N)ccc21. The van der Waals surface area contributed by atoms with E-state index in [1.54, 1.807) is 12.1 Å². The van der Waals surface area contributed by atoms with Gasteiger partial charge < -0.3 is 14.2 Å². The highest BCUT2D eigenvalue weighted by Crippen LogP contribution is 2.40. The van der Waals surface area contributed by atoms with E-state index in [9.17, 15) is 9.65 Å². The Morgan fingerprint density at radius 3 is 2.59 bits per heavy atom. The summed E-state index contributed by atoms with van der Waals surface area (Å²) in [4.78, 5) is 4.95. The molecule has 1 saturated carbocycles. The van der Waals surface area contributed by atoms with Gasteiger partial charge in [0.2, 0.25) is 0 Å². The van der Waals surface area contributed by atoms with E-state index in [0.29, 0.717) is 18.6 Å². The number of hydrogen-bond acceptors (Lipinski definition) is 4. The number of nitrogens with zero attached hydrogens (tertiary/aromatic N) is 4. The monoisotopic (exact) mass is 458 g/mol. The van der Waals surface area contributed by atoms with Gasteiger partial charge in [-0.15, -0.1) is 0 Å². The molecule has 0 bridgehead atoms. The fourth-order valence-electron chi connectivity index (χ4n) is 6.38. The number of fused-ring (bicyclic) bond motifs is 2. The molecule has 3 aliphatic rings. The predicted molar refractivity (Wildman–Crippen MR) is 132 cm³/mol. The molecule has 176 valence electrons. The minimum Gasteiger partial charge on any atom is -0.491 e. The molecule has 0 atom stereocenters. The van der Waals surface area contributed by atoms with Crippen molar-refractivity contribution >= 4 is 16.6 Å². The molecule has 0 amide bonds. The van der Waals surface area contributed by atoms with Crippen LogP contribution in [0, 0.1) is 17.1 Å². The van der Waals surface area contributed by atoms with Crippen LogP contribution in [-0.2, 0) is 13.5 Å².